The van der Waals surface area contributed by atoms with Crippen LogP contribution < -0.4 is 28.1 Å². The van der Waals surface area contributed by atoms with Crippen LogP contribution in [0.4, 0.5) is 10.5 Å². The molecule has 0 aliphatic heterocycles. The fourth-order valence-corrected chi connectivity index (χ4v) is 2.73. The summed E-state index contributed by atoms with van der Waals surface area (Å²) in [6, 6.07) is 10.8. The number of ether oxygens (including phenoxy) is 1. The van der Waals surface area contributed by atoms with Crippen LogP contribution in [0.15, 0.2) is 52.4 Å². The molecule has 0 aliphatic carbocycles. The van der Waals surface area contributed by atoms with Crippen molar-refractivity contribution in [3.8, 4) is 0 Å². The van der Waals surface area contributed by atoms with Gasteiger partial charge in [0.2, 0.25) is 11.9 Å². The number of benzene rings is 1. The number of hydrogen-bond donors (Lipinski definition) is 4. The zero-order valence-electron chi connectivity index (χ0n) is 16.6. The Balaban J connectivity index is 2.24. The Bertz CT molecular complexity index is 985. The van der Waals surface area contributed by atoms with E-state index in [2.05, 4.69) is 10.5 Å². The Morgan fingerprint density at radius 3 is 2.40 bits per heavy atom. The van der Waals surface area contributed by atoms with Gasteiger partial charge in [0.25, 0.3) is 5.56 Å². The Labute approximate surface area is 172 Å². The van der Waals surface area contributed by atoms with Crippen LogP contribution in [0, 0.1) is 6.92 Å². The summed E-state index contributed by atoms with van der Waals surface area (Å²) in [4.78, 5) is 42.1. The van der Waals surface area contributed by atoms with Gasteiger partial charge in [-0.15, -0.1) is 0 Å². The van der Waals surface area contributed by atoms with Gasteiger partial charge in [0.1, 0.15) is 12.3 Å². The number of primary amides is 1. The standard InChI is InChI=1S/C19H24N6O5/c1-11-8-9-14(23-19(28)29-10-13-6-4-3-5-7-13)17(27)25(11)15(16(20)26)12(2)30-24-18(21)22/h3-9,12,15H,10H2,1-2H3,(H2,20,26)(H,23,28)(H4,21,22,24). The average molecular weight is 416 g/mol. The number of aromatic nitrogens is 1. The van der Waals surface area contributed by atoms with E-state index in [1.165, 1.54) is 19.1 Å². The predicted octanol–water partition coefficient (Wildman–Crippen LogP) is 0.525. The van der Waals surface area contributed by atoms with Gasteiger partial charge in [-0.05, 0) is 36.7 Å². The molecule has 160 valence electrons. The number of guanidine groups is 1. The van der Waals surface area contributed by atoms with Crippen molar-refractivity contribution < 1.29 is 19.2 Å². The Morgan fingerprint density at radius 2 is 1.80 bits per heavy atom. The van der Waals surface area contributed by atoms with E-state index in [-0.39, 0.29) is 18.3 Å². The first-order valence-corrected chi connectivity index (χ1v) is 8.94. The molecule has 0 radical (unpaired) electrons. The highest BCUT2D eigenvalue weighted by atomic mass is 16.6. The van der Waals surface area contributed by atoms with Crippen LogP contribution in [0.25, 0.3) is 0 Å². The largest absolute Gasteiger partial charge is 0.444 e. The number of rotatable bonds is 8. The lowest BCUT2D eigenvalue weighted by atomic mass is 10.1. The first-order chi connectivity index (χ1) is 14.2. The highest BCUT2D eigenvalue weighted by Gasteiger charge is 2.30. The molecule has 11 heteroatoms. The van der Waals surface area contributed by atoms with E-state index < -0.39 is 29.7 Å². The van der Waals surface area contributed by atoms with Crippen LogP contribution in [0.3, 0.4) is 0 Å². The van der Waals surface area contributed by atoms with E-state index in [1.807, 2.05) is 18.2 Å². The van der Waals surface area contributed by atoms with Crippen molar-refractivity contribution in [3.05, 3.63) is 64.1 Å². The van der Waals surface area contributed by atoms with Gasteiger partial charge in [0.15, 0.2) is 12.1 Å². The Kier molecular flexibility index (Phi) is 7.39. The quantitative estimate of drug-likeness (QED) is 0.275. The summed E-state index contributed by atoms with van der Waals surface area (Å²) in [7, 11) is 0. The molecule has 0 saturated heterocycles. The SMILES string of the molecule is Cc1ccc(NC(=O)OCc2ccccc2)c(=O)n1C(C(N)=O)C(C)ON=C(N)N. The number of nitrogens with two attached hydrogens (primary N) is 3. The third-order valence-corrected chi connectivity index (χ3v) is 4.11. The molecule has 0 fully saturated rings. The molecule has 7 N–H and O–H groups in total. The molecule has 1 aromatic carbocycles. The second-order valence-electron chi connectivity index (χ2n) is 6.42. The van der Waals surface area contributed by atoms with Gasteiger partial charge in [-0.2, -0.15) is 0 Å². The molecule has 0 aliphatic rings. The summed E-state index contributed by atoms with van der Waals surface area (Å²) < 4.78 is 6.22. The van der Waals surface area contributed by atoms with Gasteiger partial charge < -0.3 is 26.8 Å². The number of amides is 2. The average Bonchev–Trinajstić information content (AvgIpc) is 2.70. The second kappa shape index (κ2) is 9.96. The highest BCUT2D eigenvalue weighted by molar-refractivity contribution is 5.84. The van der Waals surface area contributed by atoms with E-state index in [4.69, 9.17) is 26.8 Å². The molecular formula is C19H24N6O5. The van der Waals surface area contributed by atoms with Gasteiger partial charge in [-0.3, -0.25) is 19.5 Å². The van der Waals surface area contributed by atoms with Crippen LogP contribution in [0.1, 0.15) is 24.2 Å². The number of aryl methyl sites for hydroxylation is 1. The molecule has 2 amide bonds. The molecule has 30 heavy (non-hydrogen) atoms. The highest BCUT2D eigenvalue weighted by Crippen LogP contribution is 2.17. The lowest BCUT2D eigenvalue weighted by Gasteiger charge is -2.24. The summed E-state index contributed by atoms with van der Waals surface area (Å²) in [5.74, 6) is -1.20. The van der Waals surface area contributed by atoms with Crippen molar-refractivity contribution in [1.82, 2.24) is 4.57 Å². The molecule has 2 unspecified atom stereocenters. The fourth-order valence-electron chi connectivity index (χ4n) is 2.73. The summed E-state index contributed by atoms with van der Waals surface area (Å²) in [6.45, 7) is 3.10. The summed E-state index contributed by atoms with van der Waals surface area (Å²) in [5, 5.41) is 5.77. The van der Waals surface area contributed by atoms with Crippen LogP contribution in [-0.2, 0) is 21.0 Å². The van der Waals surface area contributed by atoms with Gasteiger partial charge in [0.05, 0.1) is 0 Å². The predicted molar refractivity (Wildman–Crippen MR) is 110 cm³/mol. The van der Waals surface area contributed by atoms with Crippen molar-refractivity contribution in [3.63, 3.8) is 0 Å². The van der Waals surface area contributed by atoms with Gasteiger partial charge in [-0.1, -0.05) is 30.3 Å². The maximum atomic E-state index is 12.9. The normalized spacial score (nSPS) is 12.3. The minimum atomic E-state index is -1.23. The minimum absolute atomic E-state index is 0.0278. The molecule has 1 aromatic heterocycles. The molecule has 2 rings (SSSR count). The molecule has 0 spiro atoms. The number of nitrogens with one attached hydrogen (secondary N) is 1. The van der Waals surface area contributed by atoms with Gasteiger partial charge in [-0.25, -0.2) is 4.79 Å². The smallest absolute Gasteiger partial charge is 0.412 e. The summed E-state index contributed by atoms with van der Waals surface area (Å²) >= 11 is 0. The minimum Gasteiger partial charge on any atom is -0.444 e. The zero-order valence-corrected chi connectivity index (χ0v) is 16.6. The number of nitrogens with zero attached hydrogens (tertiary/aromatic N) is 2. The van der Waals surface area contributed by atoms with E-state index in [9.17, 15) is 14.4 Å². The van der Waals surface area contributed by atoms with Crippen LogP contribution in [-0.4, -0.2) is 28.6 Å². The van der Waals surface area contributed by atoms with Crippen LogP contribution in [0.5, 0.6) is 0 Å². The number of hydrogen-bond acceptors (Lipinski definition) is 6. The summed E-state index contributed by atoms with van der Waals surface area (Å²) in [6.07, 6.45) is -1.80. The topological polar surface area (TPSA) is 177 Å². The van der Waals surface area contributed by atoms with Gasteiger partial charge >= 0.3 is 6.09 Å². The van der Waals surface area contributed by atoms with E-state index in [0.29, 0.717) is 5.69 Å². The molecule has 0 bridgehead atoms. The lowest BCUT2D eigenvalue weighted by molar-refractivity contribution is -0.125. The molecule has 11 nitrogen and oxygen atoms in total. The Hall–Kier alpha value is -4.02. The van der Waals surface area contributed by atoms with Crippen molar-refractivity contribution in [1.29, 1.82) is 0 Å². The zero-order chi connectivity index (χ0) is 22.3. The molecule has 2 aromatic rings. The first kappa shape index (κ1) is 22.3. The van der Waals surface area contributed by atoms with Crippen molar-refractivity contribution in [2.24, 2.45) is 22.4 Å². The fraction of sp³-hybridized carbons (Fsp3) is 0.263. The maximum Gasteiger partial charge on any atom is 0.412 e. The lowest BCUT2D eigenvalue weighted by Crippen LogP contribution is -2.42. The number of anilines is 1. The van der Waals surface area contributed by atoms with E-state index in [1.54, 1.807) is 19.1 Å². The van der Waals surface area contributed by atoms with Crippen molar-refractivity contribution in [2.75, 3.05) is 5.32 Å². The van der Waals surface area contributed by atoms with Crippen molar-refractivity contribution in [2.45, 2.75) is 32.6 Å². The van der Waals surface area contributed by atoms with E-state index >= 15 is 0 Å². The van der Waals surface area contributed by atoms with Gasteiger partial charge in [0, 0.05) is 5.69 Å². The molecule has 2 atom stereocenters. The molecule has 1 heterocycles. The molecular weight excluding hydrogens is 392 g/mol. The maximum absolute atomic E-state index is 12.9. The summed E-state index contributed by atoms with van der Waals surface area (Å²) in [5.41, 5.74) is 16.3. The number of pyridine rings is 1. The second-order valence-corrected chi connectivity index (χ2v) is 6.42. The Morgan fingerprint density at radius 1 is 1.13 bits per heavy atom. The molecule has 0 saturated carbocycles. The first-order valence-electron chi connectivity index (χ1n) is 8.94. The van der Waals surface area contributed by atoms with Crippen LogP contribution >= 0.6 is 0 Å². The van der Waals surface area contributed by atoms with Crippen LogP contribution in [0.2, 0.25) is 0 Å². The van der Waals surface area contributed by atoms with E-state index in [0.717, 1.165) is 10.1 Å². The number of oxime groups is 1. The van der Waals surface area contributed by atoms with Crippen molar-refractivity contribution >= 4 is 23.6 Å². The number of carbonyl (C=O) groups is 2. The third-order valence-electron chi connectivity index (χ3n) is 4.11. The third kappa shape index (κ3) is 5.74. The monoisotopic (exact) mass is 416 g/mol. The number of carbonyl (C=O) groups excluding carboxylic acids is 2.